The first-order chi connectivity index (χ1) is 7.49. The van der Waals surface area contributed by atoms with Gasteiger partial charge in [-0.3, -0.25) is 4.57 Å². The van der Waals surface area contributed by atoms with Crippen molar-refractivity contribution in [3.63, 3.8) is 0 Å². The highest BCUT2D eigenvalue weighted by atomic mass is 31.2. The Hall–Kier alpha value is -0.870. The number of ether oxygens (including phenoxy) is 1. The summed E-state index contributed by atoms with van der Waals surface area (Å²) in [5.74, 6) is 0.620. The van der Waals surface area contributed by atoms with Crippen LogP contribution in [-0.2, 0) is 11.0 Å². The van der Waals surface area contributed by atoms with Crippen molar-refractivity contribution in [3.05, 3.63) is 29.8 Å². The van der Waals surface area contributed by atoms with Crippen LogP contribution in [-0.4, -0.2) is 29.1 Å². The minimum atomic E-state index is -4.15. The maximum Gasteiger partial charge on any atom is 0.330 e. The van der Waals surface area contributed by atoms with E-state index in [1.807, 2.05) is 0 Å². The van der Waals surface area contributed by atoms with E-state index in [0.29, 0.717) is 5.75 Å². The van der Waals surface area contributed by atoms with E-state index in [1.165, 1.54) is 7.11 Å². The van der Waals surface area contributed by atoms with Crippen LogP contribution in [0.4, 0.5) is 0 Å². The number of hydrogen-bond donors (Lipinski definition) is 3. The largest absolute Gasteiger partial charge is 0.496 e. The maximum atomic E-state index is 11.1. The van der Waals surface area contributed by atoms with Crippen LogP contribution >= 0.6 is 7.60 Å². The van der Waals surface area contributed by atoms with E-state index in [-0.39, 0.29) is 13.0 Å². The summed E-state index contributed by atoms with van der Waals surface area (Å²) in [5, 5.41) is 0. The number of rotatable bonds is 5. The molecule has 1 rings (SSSR count). The lowest BCUT2D eigenvalue weighted by atomic mass is 10.1. The van der Waals surface area contributed by atoms with Crippen molar-refractivity contribution < 1.29 is 19.1 Å². The van der Waals surface area contributed by atoms with Gasteiger partial charge in [-0.05, 0) is 18.1 Å². The SMILES string of the molecule is COc1ccccc1C[C@H](CN)P(=O)(O)O. The fourth-order valence-corrected chi connectivity index (χ4v) is 2.17. The average Bonchev–Trinajstić information content (AvgIpc) is 2.24. The van der Waals surface area contributed by atoms with Gasteiger partial charge in [-0.1, -0.05) is 18.2 Å². The summed E-state index contributed by atoms with van der Waals surface area (Å²) < 4.78 is 16.2. The Balaban J connectivity index is 2.90. The summed E-state index contributed by atoms with van der Waals surface area (Å²) in [6.07, 6.45) is 0.213. The highest BCUT2D eigenvalue weighted by Crippen LogP contribution is 2.42. The summed E-state index contributed by atoms with van der Waals surface area (Å²) in [7, 11) is -2.63. The van der Waals surface area contributed by atoms with Crippen molar-refractivity contribution in [2.45, 2.75) is 12.1 Å². The highest BCUT2D eigenvalue weighted by Gasteiger charge is 2.28. The molecule has 0 fully saturated rings. The van der Waals surface area contributed by atoms with Crippen LogP contribution in [0, 0.1) is 0 Å². The Bertz CT molecular complexity index is 390. The molecule has 1 aromatic carbocycles. The van der Waals surface area contributed by atoms with Crippen molar-refractivity contribution in [2.75, 3.05) is 13.7 Å². The molecule has 16 heavy (non-hydrogen) atoms. The van der Waals surface area contributed by atoms with Crippen LogP contribution in [0.25, 0.3) is 0 Å². The molecule has 0 spiro atoms. The van der Waals surface area contributed by atoms with Crippen molar-refractivity contribution in [3.8, 4) is 5.75 Å². The molecule has 0 saturated carbocycles. The molecule has 0 saturated heterocycles. The topological polar surface area (TPSA) is 92.8 Å². The van der Waals surface area contributed by atoms with Crippen LogP contribution in [0.1, 0.15) is 5.56 Å². The molecule has 90 valence electrons. The Kier molecular flexibility index (Phi) is 4.50. The molecule has 4 N–H and O–H groups in total. The van der Waals surface area contributed by atoms with Crippen molar-refractivity contribution in [1.82, 2.24) is 0 Å². The zero-order chi connectivity index (χ0) is 12.2. The fraction of sp³-hybridized carbons (Fsp3) is 0.400. The Morgan fingerprint density at radius 3 is 2.56 bits per heavy atom. The zero-order valence-electron chi connectivity index (χ0n) is 9.04. The lowest BCUT2D eigenvalue weighted by Gasteiger charge is -2.17. The van der Waals surface area contributed by atoms with Crippen molar-refractivity contribution in [2.24, 2.45) is 5.73 Å². The van der Waals surface area contributed by atoms with Gasteiger partial charge >= 0.3 is 7.60 Å². The Labute approximate surface area is 94.4 Å². The summed E-state index contributed by atoms with van der Waals surface area (Å²) in [6, 6.07) is 7.13. The molecule has 0 radical (unpaired) electrons. The molecule has 0 aliphatic rings. The average molecular weight is 245 g/mol. The molecule has 0 amide bonds. The predicted molar refractivity (Wildman–Crippen MR) is 61.6 cm³/mol. The van der Waals surface area contributed by atoms with Gasteiger partial charge in [-0.25, -0.2) is 0 Å². The van der Waals surface area contributed by atoms with Crippen LogP contribution in [0.3, 0.4) is 0 Å². The van der Waals surface area contributed by atoms with Crippen molar-refractivity contribution >= 4 is 7.60 Å². The summed E-state index contributed by atoms with van der Waals surface area (Å²) in [5.41, 5.74) is 5.26. The van der Waals surface area contributed by atoms with E-state index in [2.05, 4.69) is 0 Å². The first kappa shape index (κ1) is 13.2. The van der Waals surface area contributed by atoms with E-state index >= 15 is 0 Å². The predicted octanol–water partition coefficient (Wildman–Crippen LogP) is 0.743. The molecule has 0 aliphatic carbocycles. The highest BCUT2D eigenvalue weighted by molar-refractivity contribution is 7.52. The number of benzene rings is 1. The minimum Gasteiger partial charge on any atom is -0.496 e. The van der Waals surface area contributed by atoms with Gasteiger partial charge in [-0.2, -0.15) is 0 Å². The zero-order valence-corrected chi connectivity index (χ0v) is 9.93. The van der Waals surface area contributed by atoms with E-state index in [4.69, 9.17) is 20.3 Å². The summed E-state index contributed by atoms with van der Waals surface area (Å²) >= 11 is 0. The quantitative estimate of drug-likeness (QED) is 0.665. The van der Waals surface area contributed by atoms with Gasteiger partial charge in [0.15, 0.2) is 0 Å². The number of nitrogens with two attached hydrogens (primary N) is 1. The first-order valence-corrected chi connectivity index (χ1v) is 6.54. The smallest absolute Gasteiger partial charge is 0.330 e. The second kappa shape index (κ2) is 5.46. The van der Waals surface area contributed by atoms with Gasteiger partial charge in [0.25, 0.3) is 0 Å². The lowest BCUT2D eigenvalue weighted by molar-refractivity contribution is 0.356. The summed E-state index contributed by atoms with van der Waals surface area (Å²) in [6.45, 7) is -0.0532. The van der Waals surface area contributed by atoms with Crippen LogP contribution in [0.5, 0.6) is 5.75 Å². The van der Waals surface area contributed by atoms with Gasteiger partial charge < -0.3 is 20.3 Å². The van der Waals surface area contributed by atoms with Crippen LogP contribution in [0.15, 0.2) is 24.3 Å². The molecule has 0 aromatic heterocycles. The van der Waals surface area contributed by atoms with Crippen LogP contribution < -0.4 is 10.5 Å². The Morgan fingerprint density at radius 2 is 2.06 bits per heavy atom. The van der Waals surface area contributed by atoms with Crippen LogP contribution in [0.2, 0.25) is 0 Å². The number of methoxy groups -OCH3 is 1. The first-order valence-electron chi connectivity index (χ1n) is 4.86. The van der Waals surface area contributed by atoms with E-state index in [9.17, 15) is 4.57 Å². The molecule has 0 unspecified atom stereocenters. The maximum absolute atomic E-state index is 11.1. The standard InChI is InChI=1S/C10H16NO4P/c1-15-10-5-3-2-4-8(10)6-9(7-11)16(12,13)14/h2-5,9H,6-7,11H2,1H3,(H2,12,13,14)/t9-/m1/s1. The lowest BCUT2D eigenvalue weighted by Crippen LogP contribution is -2.23. The minimum absolute atomic E-state index is 0.0532. The molecular weight excluding hydrogens is 229 g/mol. The molecule has 0 heterocycles. The molecule has 1 aromatic rings. The van der Waals surface area contributed by atoms with E-state index < -0.39 is 13.3 Å². The molecular formula is C10H16NO4P. The number of para-hydroxylation sites is 1. The van der Waals surface area contributed by atoms with Gasteiger partial charge in [0.05, 0.1) is 12.8 Å². The second-order valence-electron chi connectivity index (χ2n) is 3.49. The molecule has 6 heteroatoms. The number of hydrogen-bond acceptors (Lipinski definition) is 3. The molecule has 0 aliphatic heterocycles. The molecule has 1 atom stereocenters. The molecule has 0 bridgehead atoms. The monoisotopic (exact) mass is 245 g/mol. The van der Waals surface area contributed by atoms with Gasteiger partial charge in [0, 0.05) is 6.54 Å². The third-order valence-corrected chi connectivity index (χ3v) is 3.74. The third kappa shape index (κ3) is 3.32. The second-order valence-corrected chi connectivity index (χ2v) is 5.40. The third-order valence-electron chi connectivity index (χ3n) is 2.40. The normalized spacial score (nSPS) is 13.5. The van der Waals surface area contributed by atoms with Gasteiger partial charge in [0.1, 0.15) is 5.75 Å². The summed E-state index contributed by atoms with van der Waals surface area (Å²) in [4.78, 5) is 18.2. The fourth-order valence-electron chi connectivity index (χ4n) is 1.47. The van der Waals surface area contributed by atoms with E-state index in [0.717, 1.165) is 5.56 Å². The van der Waals surface area contributed by atoms with Gasteiger partial charge in [-0.15, -0.1) is 0 Å². The van der Waals surface area contributed by atoms with Gasteiger partial charge in [0.2, 0.25) is 0 Å². The molecule has 5 nitrogen and oxygen atoms in total. The van der Waals surface area contributed by atoms with Crippen molar-refractivity contribution in [1.29, 1.82) is 0 Å². The van der Waals surface area contributed by atoms with E-state index in [1.54, 1.807) is 24.3 Å². The Morgan fingerprint density at radius 1 is 1.44 bits per heavy atom.